The van der Waals surface area contributed by atoms with Crippen molar-refractivity contribution in [3.63, 3.8) is 0 Å². The molecule has 0 fully saturated rings. The van der Waals surface area contributed by atoms with E-state index in [9.17, 15) is 9.59 Å². The first-order valence-electron chi connectivity index (χ1n) is 24.2. The summed E-state index contributed by atoms with van der Waals surface area (Å²) in [7, 11) is 0. The standard InChI is InChI=1S/C49H94O5/c1-4-7-10-13-16-19-22-24-25-26-28-30-33-36-39-42-48(50)53-46-47(45-52-44-41-38-35-32-29-23-20-17-14-11-8-5-2)54-49(51)43-40-37-34-31-27-21-18-15-12-9-6-3/h24-25,47H,4-23,26-46H2,1-3H3/b25-24-. The molecule has 54 heavy (non-hydrogen) atoms. The average Bonchev–Trinajstić information content (AvgIpc) is 3.17. The number of allylic oxidation sites excluding steroid dienone is 2. The molecule has 320 valence electrons. The molecular weight excluding hydrogens is 669 g/mol. The van der Waals surface area contributed by atoms with E-state index in [-0.39, 0.29) is 18.5 Å². The van der Waals surface area contributed by atoms with Gasteiger partial charge < -0.3 is 14.2 Å². The number of ether oxygens (including phenoxy) is 3. The topological polar surface area (TPSA) is 61.8 Å². The molecule has 5 heteroatoms. The lowest BCUT2D eigenvalue weighted by Gasteiger charge is -2.18. The van der Waals surface area contributed by atoms with E-state index in [0.29, 0.717) is 26.1 Å². The molecule has 0 amide bonds. The maximum Gasteiger partial charge on any atom is 0.306 e. The maximum absolute atomic E-state index is 12.7. The van der Waals surface area contributed by atoms with Crippen LogP contribution in [0.3, 0.4) is 0 Å². The van der Waals surface area contributed by atoms with Crippen LogP contribution in [0, 0.1) is 0 Å². The van der Waals surface area contributed by atoms with Crippen molar-refractivity contribution in [2.75, 3.05) is 19.8 Å². The van der Waals surface area contributed by atoms with Crippen molar-refractivity contribution < 1.29 is 23.8 Å². The highest BCUT2D eigenvalue weighted by molar-refractivity contribution is 5.70. The quantitative estimate of drug-likeness (QED) is 0.0351. The summed E-state index contributed by atoms with van der Waals surface area (Å²) in [6.45, 7) is 7.85. The fourth-order valence-electron chi connectivity index (χ4n) is 7.15. The van der Waals surface area contributed by atoms with Gasteiger partial charge in [-0.05, 0) is 44.9 Å². The summed E-state index contributed by atoms with van der Waals surface area (Å²) < 4.78 is 17.3. The zero-order chi connectivity index (χ0) is 39.3. The van der Waals surface area contributed by atoms with Gasteiger partial charge in [-0.1, -0.05) is 219 Å². The number of unbranched alkanes of at least 4 members (excludes halogenated alkanes) is 32. The largest absolute Gasteiger partial charge is 0.462 e. The third-order valence-electron chi connectivity index (χ3n) is 10.8. The SMILES string of the molecule is CCCCCCCC/C=C\CCCCCCCC(=O)OCC(COCCCCCCCCCCCCCC)OC(=O)CCCCCCCCCCCCC. The van der Waals surface area contributed by atoms with E-state index in [1.807, 2.05) is 0 Å². The molecule has 0 aliphatic heterocycles. The predicted octanol–water partition coefficient (Wildman–Crippen LogP) is 15.9. The first kappa shape index (κ1) is 52.6. The zero-order valence-electron chi connectivity index (χ0n) is 36.8. The second kappa shape index (κ2) is 46.0. The van der Waals surface area contributed by atoms with Gasteiger partial charge in [-0.3, -0.25) is 9.59 Å². The fourth-order valence-corrected chi connectivity index (χ4v) is 7.15. The summed E-state index contributed by atoms with van der Waals surface area (Å²) in [4.78, 5) is 25.3. The minimum Gasteiger partial charge on any atom is -0.462 e. The van der Waals surface area contributed by atoms with Gasteiger partial charge in [0.1, 0.15) is 6.61 Å². The van der Waals surface area contributed by atoms with Crippen molar-refractivity contribution in [3.05, 3.63) is 12.2 Å². The molecule has 0 bridgehead atoms. The molecular formula is C49H94O5. The van der Waals surface area contributed by atoms with E-state index in [0.717, 1.165) is 38.5 Å². The van der Waals surface area contributed by atoms with Crippen molar-refractivity contribution in [2.45, 2.75) is 271 Å². The lowest BCUT2D eigenvalue weighted by molar-refractivity contribution is -0.163. The maximum atomic E-state index is 12.7. The number of carbonyl (C=O) groups is 2. The first-order valence-corrected chi connectivity index (χ1v) is 24.2. The van der Waals surface area contributed by atoms with Crippen molar-refractivity contribution in [2.24, 2.45) is 0 Å². The van der Waals surface area contributed by atoms with Gasteiger partial charge in [0.05, 0.1) is 6.61 Å². The molecule has 0 aliphatic carbocycles. The highest BCUT2D eigenvalue weighted by Crippen LogP contribution is 2.15. The van der Waals surface area contributed by atoms with Crippen molar-refractivity contribution in [1.29, 1.82) is 0 Å². The number of rotatable bonds is 45. The predicted molar refractivity (Wildman–Crippen MR) is 233 cm³/mol. The first-order chi connectivity index (χ1) is 26.6. The number of carbonyl (C=O) groups excluding carboxylic acids is 2. The van der Waals surface area contributed by atoms with E-state index in [2.05, 4.69) is 32.9 Å². The van der Waals surface area contributed by atoms with E-state index >= 15 is 0 Å². The Morgan fingerprint density at radius 3 is 1.13 bits per heavy atom. The van der Waals surface area contributed by atoms with Crippen molar-refractivity contribution >= 4 is 11.9 Å². The third-order valence-corrected chi connectivity index (χ3v) is 10.8. The minimum absolute atomic E-state index is 0.0896. The molecule has 0 aliphatic rings. The number of esters is 2. The van der Waals surface area contributed by atoms with Crippen LogP contribution >= 0.6 is 0 Å². The van der Waals surface area contributed by atoms with Gasteiger partial charge in [0.2, 0.25) is 0 Å². The van der Waals surface area contributed by atoms with Gasteiger partial charge in [-0.2, -0.15) is 0 Å². The molecule has 0 heterocycles. The van der Waals surface area contributed by atoms with Crippen LogP contribution in [0.2, 0.25) is 0 Å². The Kier molecular flexibility index (Phi) is 44.9. The van der Waals surface area contributed by atoms with E-state index in [4.69, 9.17) is 14.2 Å². The Labute approximate surface area is 337 Å². The van der Waals surface area contributed by atoms with Gasteiger partial charge in [0.25, 0.3) is 0 Å². The summed E-state index contributed by atoms with van der Waals surface area (Å²) in [6, 6.07) is 0. The van der Waals surface area contributed by atoms with Gasteiger partial charge in [-0.15, -0.1) is 0 Å². The van der Waals surface area contributed by atoms with Crippen LogP contribution < -0.4 is 0 Å². The summed E-state index contributed by atoms with van der Waals surface area (Å²) in [5.74, 6) is -0.391. The molecule has 0 aromatic carbocycles. The molecule has 0 aromatic rings. The van der Waals surface area contributed by atoms with E-state index < -0.39 is 6.10 Å². The Balaban J connectivity index is 4.20. The lowest BCUT2D eigenvalue weighted by Crippen LogP contribution is -2.30. The van der Waals surface area contributed by atoms with Crippen LogP contribution in [0.15, 0.2) is 12.2 Å². The molecule has 0 saturated heterocycles. The lowest BCUT2D eigenvalue weighted by atomic mass is 10.1. The summed E-state index contributed by atoms with van der Waals surface area (Å²) >= 11 is 0. The molecule has 0 spiro atoms. The van der Waals surface area contributed by atoms with Crippen LogP contribution in [0.25, 0.3) is 0 Å². The van der Waals surface area contributed by atoms with Crippen LogP contribution in [0.1, 0.15) is 265 Å². The van der Waals surface area contributed by atoms with Crippen LogP contribution in [-0.2, 0) is 23.8 Å². The normalized spacial score (nSPS) is 12.1. The van der Waals surface area contributed by atoms with E-state index in [1.54, 1.807) is 0 Å². The van der Waals surface area contributed by atoms with Crippen LogP contribution in [0.4, 0.5) is 0 Å². The van der Waals surface area contributed by atoms with E-state index in [1.165, 1.54) is 193 Å². The van der Waals surface area contributed by atoms with Gasteiger partial charge in [0.15, 0.2) is 6.10 Å². The molecule has 0 aromatic heterocycles. The third kappa shape index (κ3) is 43.4. The molecule has 1 unspecified atom stereocenters. The molecule has 5 nitrogen and oxygen atoms in total. The van der Waals surface area contributed by atoms with Gasteiger partial charge >= 0.3 is 11.9 Å². The average molecular weight is 763 g/mol. The molecule has 0 rings (SSSR count). The molecule has 0 saturated carbocycles. The second-order valence-corrected chi connectivity index (χ2v) is 16.4. The Hall–Kier alpha value is -1.36. The summed E-state index contributed by atoms with van der Waals surface area (Å²) in [5.41, 5.74) is 0. The second-order valence-electron chi connectivity index (χ2n) is 16.4. The molecule has 1 atom stereocenters. The molecule has 0 radical (unpaired) electrons. The fraction of sp³-hybridized carbons (Fsp3) is 0.918. The molecule has 0 N–H and O–H groups in total. The van der Waals surface area contributed by atoms with Crippen LogP contribution in [0.5, 0.6) is 0 Å². The highest BCUT2D eigenvalue weighted by atomic mass is 16.6. The minimum atomic E-state index is -0.527. The van der Waals surface area contributed by atoms with Crippen LogP contribution in [-0.4, -0.2) is 37.9 Å². The van der Waals surface area contributed by atoms with Gasteiger partial charge in [0, 0.05) is 19.4 Å². The Morgan fingerprint density at radius 1 is 0.389 bits per heavy atom. The number of hydrogen-bond acceptors (Lipinski definition) is 5. The Morgan fingerprint density at radius 2 is 0.722 bits per heavy atom. The zero-order valence-corrected chi connectivity index (χ0v) is 36.8. The summed E-state index contributed by atoms with van der Waals surface area (Å²) in [6.07, 6.45) is 50.6. The van der Waals surface area contributed by atoms with Crippen molar-refractivity contribution in [1.82, 2.24) is 0 Å². The monoisotopic (exact) mass is 763 g/mol. The van der Waals surface area contributed by atoms with Gasteiger partial charge in [-0.25, -0.2) is 0 Å². The highest BCUT2D eigenvalue weighted by Gasteiger charge is 2.17. The summed E-state index contributed by atoms with van der Waals surface area (Å²) in [5, 5.41) is 0. The Bertz CT molecular complexity index is 780. The smallest absolute Gasteiger partial charge is 0.306 e. The van der Waals surface area contributed by atoms with Crippen molar-refractivity contribution in [3.8, 4) is 0 Å². The number of hydrogen-bond donors (Lipinski definition) is 0.